The minimum Gasteiger partial charge on any atom is -0.548 e. The first kappa shape index (κ1) is 22.4. The Kier molecular flexibility index (Phi) is 7.64. The molecule has 0 fully saturated rings. The molecule has 0 radical (unpaired) electrons. The predicted octanol–water partition coefficient (Wildman–Crippen LogP) is 2.80. The zero-order chi connectivity index (χ0) is 20.1. The number of hydrogen-bond donors (Lipinski definition) is 1. The van der Waals surface area contributed by atoms with E-state index in [0.717, 1.165) is 0 Å². The number of rotatable bonds is 7. The first-order valence-electron chi connectivity index (χ1n) is 7.44. The second-order valence-corrected chi connectivity index (χ2v) is 8.21. The average molecular weight is 458 g/mol. The van der Waals surface area contributed by atoms with Crippen LogP contribution < -0.4 is 15.2 Å². The van der Waals surface area contributed by atoms with Gasteiger partial charge in [-0.15, -0.1) is 0 Å². The molecule has 0 aliphatic rings. The van der Waals surface area contributed by atoms with Crippen LogP contribution in [0.25, 0.3) is 0 Å². The monoisotopic (exact) mass is 456 g/mol. The molecule has 0 saturated heterocycles. The smallest absolute Gasteiger partial charge is 0.424 e. The molecule has 1 aromatic rings. The number of carbonyl (C=O) groups is 2. The van der Waals surface area contributed by atoms with E-state index in [-0.39, 0.29) is 12.2 Å². The Balaban J connectivity index is 2.75. The van der Waals surface area contributed by atoms with E-state index in [1.807, 2.05) is 0 Å². The van der Waals surface area contributed by atoms with Crippen LogP contribution >= 0.6 is 27.5 Å². The van der Waals surface area contributed by atoms with Crippen molar-refractivity contribution >= 4 is 39.6 Å². The molecule has 1 aromatic carbocycles. The van der Waals surface area contributed by atoms with Crippen molar-refractivity contribution in [1.29, 1.82) is 0 Å². The molecule has 10 heteroatoms. The number of hydrogen-bond acceptors (Lipinski definition) is 5. The molecule has 1 rings (SSSR count). The summed E-state index contributed by atoms with van der Waals surface area (Å²) >= 11 is 7.79. The zero-order valence-electron chi connectivity index (χ0n) is 14.2. The molecule has 0 bridgehead atoms. The Morgan fingerprint density at radius 2 is 1.81 bits per heavy atom. The summed E-state index contributed by atoms with van der Waals surface area (Å²) in [5.41, 5.74) is -0.340. The van der Waals surface area contributed by atoms with Crippen LogP contribution in [0.1, 0.15) is 26.3 Å². The van der Waals surface area contributed by atoms with Crippen molar-refractivity contribution in [3.8, 4) is 5.75 Å². The molecular weight excluding hydrogens is 440 g/mol. The molecule has 1 N–H and O–H groups in total. The van der Waals surface area contributed by atoms with Gasteiger partial charge in [-0.3, -0.25) is 0 Å². The molecule has 0 unspecified atom stereocenters. The third-order valence-corrected chi connectivity index (χ3v) is 3.63. The standard InChI is InChI=1S/C16H19BrClF2NO5/c1-15(2,3)26-14(24)21-11(12(22)23)8-9-4-6-10(7-5-9)25-16(19,20)13(17)18/h4-7,11,13H,8H2,1-3H3,(H,21,24)(H,22,23)/p-1/t11-,13-/m0/s1. The lowest BCUT2D eigenvalue weighted by Gasteiger charge is -2.24. The third kappa shape index (κ3) is 7.74. The first-order valence-corrected chi connectivity index (χ1v) is 8.79. The van der Waals surface area contributed by atoms with Crippen molar-refractivity contribution in [2.45, 2.75) is 49.2 Å². The van der Waals surface area contributed by atoms with E-state index in [1.165, 1.54) is 24.3 Å². The van der Waals surface area contributed by atoms with Gasteiger partial charge in [0.2, 0.25) is 0 Å². The quantitative estimate of drug-likeness (QED) is 0.636. The number of amides is 1. The lowest BCUT2D eigenvalue weighted by atomic mass is 10.1. The summed E-state index contributed by atoms with van der Waals surface area (Å²) in [5.74, 6) is -1.67. The van der Waals surface area contributed by atoms with Gasteiger partial charge < -0.3 is 24.7 Å². The molecule has 146 valence electrons. The molecule has 26 heavy (non-hydrogen) atoms. The van der Waals surface area contributed by atoms with Gasteiger partial charge in [0.15, 0.2) is 4.29 Å². The molecule has 0 aliphatic heterocycles. The van der Waals surface area contributed by atoms with Gasteiger partial charge in [0, 0.05) is 0 Å². The van der Waals surface area contributed by atoms with E-state index in [0.29, 0.717) is 5.56 Å². The molecule has 0 spiro atoms. The first-order chi connectivity index (χ1) is 11.8. The Bertz CT molecular complexity index is 635. The van der Waals surface area contributed by atoms with Crippen molar-refractivity contribution < 1.29 is 33.0 Å². The van der Waals surface area contributed by atoms with E-state index in [1.54, 1.807) is 20.8 Å². The number of halogens is 4. The summed E-state index contributed by atoms with van der Waals surface area (Å²) in [4.78, 5) is 22.9. The average Bonchev–Trinajstić information content (AvgIpc) is 2.46. The Labute approximate surface area is 162 Å². The maximum Gasteiger partial charge on any atom is 0.424 e. The SMILES string of the molecule is CC(C)(C)OC(=O)N[C@@H](Cc1ccc(OC(F)(F)[C@H](Cl)Br)cc1)C(=O)[O-]. The van der Waals surface area contributed by atoms with E-state index >= 15 is 0 Å². The molecule has 1 amide bonds. The number of carboxylic acid groups (broad SMARTS) is 1. The third-order valence-electron chi connectivity index (χ3n) is 2.85. The lowest BCUT2D eigenvalue weighted by Crippen LogP contribution is -2.50. The van der Waals surface area contributed by atoms with E-state index in [9.17, 15) is 23.5 Å². The van der Waals surface area contributed by atoms with Crippen molar-refractivity contribution in [1.82, 2.24) is 5.32 Å². The van der Waals surface area contributed by atoms with Gasteiger partial charge in [0.25, 0.3) is 0 Å². The van der Waals surface area contributed by atoms with Crippen molar-refractivity contribution in [3.63, 3.8) is 0 Å². The number of nitrogens with one attached hydrogen (secondary N) is 1. The van der Waals surface area contributed by atoms with Crippen molar-refractivity contribution in [3.05, 3.63) is 29.8 Å². The molecular formula is C16H18BrClF2NO5-. The molecule has 0 heterocycles. The van der Waals surface area contributed by atoms with Gasteiger partial charge in [-0.2, -0.15) is 8.78 Å². The Morgan fingerprint density at radius 1 is 1.27 bits per heavy atom. The van der Waals surface area contributed by atoms with Crippen LogP contribution in [-0.4, -0.2) is 34.1 Å². The fourth-order valence-corrected chi connectivity index (χ4v) is 1.91. The van der Waals surface area contributed by atoms with Gasteiger partial charge >= 0.3 is 12.2 Å². The number of carboxylic acids is 1. The van der Waals surface area contributed by atoms with Crippen molar-refractivity contribution in [2.24, 2.45) is 0 Å². The Hall–Kier alpha value is -1.61. The molecule has 6 nitrogen and oxygen atoms in total. The van der Waals surface area contributed by atoms with E-state index < -0.39 is 34.1 Å². The number of alkyl carbamates (subject to hydrolysis) is 1. The number of aliphatic carboxylic acids is 1. The Morgan fingerprint density at radius 3 is 2.23 bits per heavy atom. The minimum absolute atomic E-state index is 0.130. The highest BCUT2D eigenvalue weighted by atomic mass is 79.9. The number of carbonyl (C=O) groups excluding carboxylic acids is 2. The maximum absolute atomic E-state index is 13.4. The molecule has 0 aliphatic carbocycles. The van der Waals surface area contributed by atoms with Crippen LogP contribution in [0.15, 0.2) is 24.3 Å². The number of alkyl halides is 4. The zero-order valence-corrected chi connectivity index (χ0v) is 16.6. The van der Waals surface area contributed by atoms with E-state index in [2.05, 4.69) is 26.0 Å². The lowest BCUT2D eigenvalue weighted by molar-refractivity contribution is -0.308. The topological polar surface area (TPSA) is 87.7 Å². The maximum atomic E-state index is 13.4. The fraction of sp³-hybridized carbons (Fsp3) is 0.500. The normalized spacial score (nSPS) is 14.3. The van der Waals surface area contributed by atoms with Crippen LogP contribution in [0.4, 0.5) is 13.6 Å². The summed E-state index contributed by atoms with van der Waals surface area (Å²) in [7, 11) is 0. The molecule has 0 saturated carbocycles. The van der Waals surface area contributed by atoms with Gasteiger partial charge in [-0.1, -0.05) is 39.7 Å². The van der Waals surface area contributed by atoms with Gasteiger partial charge in [0.05, 0.1) is 12.0 Å². The van der Waals surface area contributed by atoms with Crippen LogP contribution in [0.3, 0.4) is 0 Å². The summed E-state index contributed by atoms with van der Waals surface area (Å²) in [6.45, 7) is 4.90. The second-order valence-electron chi connectivity index (χ2n) is 6.33. The van der Waals surface area contributed by atoms with E-state index in [4.69, 9.17) is 16.3 Å². The van der Waals surface area contributed by atoms with Crippen LogP contribution in [0.5, 0.6) is 5.75 Å². The fourth-order valence-electron chi connectivity index (χ4n) is 1.77. The van der Waals surface area contributed by atoms with Crippen LogP contribution in [0, 0.1) is 0 Å². The number of benzene rings is 1. The molecule has 2 atom stereocenters. The minimum atomic E-state index is -3.63. The van der Waals surface area contributed by atoms with Crippen molar-refractivity contribution in [2.75, 3.05) is 0 Å². The second kappa shape index (κ2) is 8.85. The highest BCUT2D eigenvalue weighted by molar-refractivity contribution is 9.10. The van der Waals surface area contributed by atoms with Gasteiger partial charge in [0.1, 0.15) is 11.4 Å². The highest BCUT2D eigenvalue weighted by Crippen LogP contribution is 2.31. The summed E-state index contributed by atoms with van der Waals surface area (Å²) in [5, 5.41) is 13.4. The highest BCUT2D eigenvalue weighted by Gasteiger charge is 2.39. The largest absolute Gasteiger partial charge is 0.548 e. The van der Waals surface area contributed by atoms with Gasteiger partial charge in [-0.05, 0) is 44.9 Å². The number of ether oxygens (including phenoxy) is 2. The van der Waals surface area contributed by atoms with Crippen LogP contribution in [-0.2, 0) is 16.0 Å². The summed E-state index contributed by atoms with van der Waals surface area (Å²) in [6, 6.07) is 3.88. The molecule has 0 aromatic heterocycles. The van der Waals surface area contributed by atoms with Crippen LogP contribution in [0.2, 0.25) is 0 Å². The summed E-state index contributed by atoms with van der Waals surface area (Å²) < 4.78 is 34.5. The summed E-state index contributed by atoms with van der Waals surface area (Å²) in [6.07, 6.45) is -4.67. The predicted molar refractivity (Wildman–Crippen MR) is 92.5 cm³/mol. The van der Waals surface area contributed by atoms with Gasteiger partial charge in [-0.25, -0.2) is 4.79 Å².